The van der Waals surface area contributed by atoms with E-state index in [-0.39, 0.29) is 11.7 Å². The van der Waals surface area contributed by atoms with Gasteiger partial charge >= 0.3 is 0 Å². The lowest BCUT2D eigenvalue weighted by Gasteiger charge is -2.20. The zero-order valence-electron chi connectivity index (χ0n) is 12.0. The van der Waals surface area contributed by atoms with Crippen molar-refractivity contribution in [2.75, 3.05) is 23.5 Å². The first-order valence-electron chi connectivity index (χ1n) is 6.54. The second-order valence-electron chi connectivity index (χ2n) is 4.16. The summed E-state index contributed by atoms with van der Waals surface area (Å²) >= 11 is 2.89. The number of anilines is 1. The predicted octanol–water partition coefficient (Wildman–Crippen LogP) is 3.08. The number of rotatable bonds is 7. The topological polar surface area (TPSA) is 59.2 Å². The van der Waals surface area contributed by atoms with Crippen molar-refractivity contribution in [1.29, 1.82) is 0 Å². The Morgan fingerprint density at radius 2 is 2.05 bits per heavy atom. The molecule has 0 radical (unpaired) electrons. The number of thioether (sulfide) groups is 2. The van der Waals surface area contributed by atoms with Gasteiger partial charge in [0.25, 0.3) is 5.22 Å². The van der Waals surface area contributed by atoms with E-state index in [0.717, 1.165) is 5.69 Å². The lowest BCUT2D eigenvalue weighted by molar-refractivity contribution is -0.116. The summed E-state index contributed by atoms with van der Waals surface area (Å²) in [5.74, 6) is 1.59. The molecule has 1 amide bonds. The Morgan fingerprint density at radius 3 is 2.71 bits per heavy atom. The van der Waals surface area contributed by atoms with Crippen molar-refractivity contribution in [2.24, 2.45) is 0 Å². The molecule has 1 aromatic heterocycles. The first kappa shape index (κ1) is 15.9. The van der Waals surface area contributed by atoms with Crippen molar-refractivity contribution in [3.05, 3.63) is 36.2 Å². The van der Waals surface area contributed by atoms with Crippen LogP contribution in [0.5, 0.6) is 0 Å². The molecule has 0 aliphatic rings. The standard InChI is InChI=1S/C14H17N3O2S2/c1-3-17(11-7-5-4-6-8-11)13(18)10-21-14-16-15-12(19-14)9-20-2/h4-8H,3,9-10H2,1-2H3. The van der Waals surface area contributed by atoms with Gasteiger partial charge in [0, 0.05) is 12.2 Å². The maximum absolute atomic E-state index is 12.3. The van der Waals surface area contributed by atoms with Gasteiger partial charge in [0.1, 0.15) is 0 Å². The molecule has 2 aromatic rings. The van der Waals surface area contributed by atoms with Gasteiger partial charge in [0.05, 0.1) is 11.5 Å². The number of para-hydroxylation sites is 1. The number of benzene rings is 1. The van der Waals surface area contributed by atoms with Crippen LogP contribution in [0.2, 0.25) is 0 Å². The van der Waals surface area contributed by atoms with E-state index in [1.165, 1.54) is 11.8 Å². The fourth-order valence-electron chi connectivity index (χ4n) is 1.79. The van der Waals surface area contributed by atoms with E-state index in [2.05, 4.69) is 10.2 Å². The predicted molar refractivity (Wildman–Crippen MR) is 86.7 cm³/mol. The zero-order chi connectivity index (χ0) is 15.1. The minimum atomic E-state index is 0.0262. The molecule has 5 nitrogen and oxygen atoms in total. The van der Waals surface area contributed by atoms with E-state index < -0.39 is 0 Å². The summed E-state index contributed by atoms with van der Waals surface area (Å²) in [7, 11) is 0. The summed E-state index contributed by atoms with van der Waals surface area (Å²) in [5, 5.41) is 8.29. The van der Waals surface area contributed by atoms with Gasteiger partial charge in [0.2, 0.25) is 11.8 Å². The van der Waals surface area contributed by atoms with Gasteiger partial charge in [-0.1, -0.05) is 30.0 Å². The van der Waals surface area contributed by atoms with Gasteiger partial charge in [-0.15, -0.1) is 10.2 Å². The van der Waals surface area contributed by atoms with E-state index in [4.69, 9.17) is 4.42 Å². The third kappa shape index (κ3) is 4.50. The number of carbonyl (C=O) groups excluding carboxylic acids is 1. The van der Waals surface area contributed by atoms with Crippen LogP contribution in [-0.2, 0) is 10.5 Å². The molecule has 0 N–H and O–H groups in total. The van der Waals surface area contributed by atoms with Gasteiger partial charge in [-0.3, -0.25) is 4.79 Å². The Morgan fingerprint density at radius 1 is 1.29 bits per heavy atom. The van der Waals surface area contributed by atoms with Gasteiger partial charge in [-0.2, -0.15) is 11.8 Å². The second-order valence-corrected chi connectivity index (χ2v) is 5.95. The maximum atomic E-state index is 12.3. The Balaban J connectivity index is 1.93. The molecule has 112 valence electrons. The number of aromatic nitrogens is 2. The quantitative estimate of drug-likeness (QED) is 0.730. The fourth-order valence-corrected chi connectivity index (χ4v) is 2.81. The van der Waals surface area contributed by atoms with Gasteiger partial charge < -0.3 is 9.32 Å². The third-order valence-corrected chi connectivity index (χ3v) is 4.06. The smallest absolute Gasteiger partial charge is 0.277 e. The fraction of sp³-hybridized carbons (Fsp3) is 0.357. The molecule has 2 rings (SSSR count). The summed E-state index contributed by atoms with van der Waals surface area (Å²) in [5.41, 5.74) is 0.902. The molecule has 0 aliphatic carbocycles. The van der Waals surface area contributed by atoms with E-state index in [1.54, 1.807) is 16.7 Å². The molecule has 1 aromatic carbocycles. The lowest BCUT2D eigenvalue weighted by atomic mass is 10.3. The summed E-state index contributed by atoms with van der Waals surface area (Å²) in [6.45, 7) is 2.59. The van der Waals surface area contributed by atoms with Crippen LogP contribution in [0.25, 0.3) is 0 Å². The summed E-state index contributed by atoms with van der Waals surface area (Å²) in [6, 6.07) is 9.63. The first-order valence-corrected chi connectivity index (χ1v) is 8.92. The average molecular weight is 323 g/mol. The Hall–Kier alpha value is -1.47. The van der Waals surface area contributed by atoms with Crippen LogP contribution in [-0.4, -0.2) is 34.7 Å². The van der Waals surface area contributed by atoms with Gasteiger partial charge in [-0.05, 0) is 25.3 Å². The molecule has 0 unspecified atom stereocenters. The highest BCUT2D eigenvalue weighted by Gasteiger charge is 2.15. The Kier molecular flexibility index (Phi) is 6.13. The minimum absolute atomic E-state index is 0.0262. The third-order valence-electron chi connectivity index (χ3n) is 2.72. The molecule has 0 fully saturated rings. The monoisotopic (exact) mass is 323 g/mol. The average Bonchev–Trinajstić information content (AvgIpc) is 2.95. The van der Waals surface area contributed by atoms with Crippen LogP contribution in [0.4, 0.5) is 5.69 Å². The first-order chi connectivity index (χ1) is 10.2. The van der Waals surface area contributed by atoms with E-state index in [9.17, 15) is 4.79 Å². The number of hydrogen-bond acceptors (Lipinski definition) is 6. The summed E-state index contributed by atoms with van der Waals surface area (Å²) < 4.78 is 5.44. The van der Waals surface area contributed by atoms with E-state index in [1.807, 2.05) is 43.5 Å². The highest BCUT2D eigenvalue weighted by molar-refractivity contribution is 7.99. The number of nitrogens with zero attached hydrogens (tertiary/aromatic N) is 3. The molecule has 7 heteroatoms. The van der Waals surface area contributed by atoms with Gasteiger partial charge in [0.15, 0.2) is 0 Å². The van der Waals surface area contributed by atoms with Gasteiger partial charge in [-0.25, -0.2) is 0 Å². The van der Waals surface area contributed by atoms with Crippen LogP contribution in [0, 0.1) is 0 Å². The van der Waals surface area contributed by atoms with Crippen molar-refractivity contribution < 1.29 is 9.21 Å². The second kappa shape index (κ2) is 8.09. The molecule has 0 atom stereocenters. The molecule has 21 heavy (non-hydrogen) atoms. The van der Waals surface area contributed by atoms with Crippen LogP contribution in [0.3, 0.4) is 0 Å². The molecular formula is C14H17N3O2S2. The van der Waals surface area contributed by atoms with Crippen LogP contribution < -0.4 is 4.90 Å². The van der Waals surface area contributed by atoms with Crippen LogP contribution >= 0.6 is 23.5 Å². The molecule has 0 saturated carbocycles. The van der Waals surface area contributed by atoms with Crippen molar-refractivity contribution in [3.8, 4) is 0 Å². The molecule has 0 aliphatic heterocycles. The largest absolute Gasteiger partial charge is 0.415 e. The minimum Gasteiger partial charge on any atom is -0.415 e. The van der Waals surface area contributed by atoms with E-state index in [0.29, 0.717) is 23.4 Å². The van der Waals surface area contributed by atoms with E-state index >= 15 is 0 Å². The zero-order valence-corrected chi connectivity index (χ0v) is 13.6. The van der Waals surface area contributed by atoms with Crippen LogP contribution in [0.1, 0.15) is 12.8 Å². The molecule has 0 saturated heterocycles. The van der Waals surface area contributed by atoms with Crippen molar-refractivity contribution in [2.45, 2.75) is 17.9 Å². The van der Waals surface area contributed by atoms with Crippen molar-refractivity contribution in [3.63, 3.8) is 0 Å². The summed E-state index contributed by atoms with van der Waals surface area (Å²) in [6.07, 6.45) is 1.97. The molecule has 0 spiro atoms. The Bertz CT molecular complexity index is 575. The number of amides is 1. The highest BCUT2D eigenvalue weighted by Crippen LogP contribution is 2.20. The Labute approximate surface area is 132 Å². The van der Waals surface area contributed by atoms with Crippen molar-refractivity contribution >= 4 is 35.1 Å². The molecule has 0 bridgehead atoms. The SMILES string of the molecule is CCN(C(=O)CSc1nnc(CSC)o1)c1ccccc1. The summed E-state index contributed by atoms with van der Waals surface area (Å²) in [4.78, 5) is 14.0. The van der Waals surface area contributed by atoms with Crippen LogP contribution in [0.15, 0.2) is 40.0 Å². The molecule has 1 heterocycles. The number of hydrogen-bond donors (Lipinski definition) is 0. The lowest BCUT2D eigenvalue weighted by Crippen LogP contribution is -2.32. The number of carbonyl (C=O) groups is 1. The maximum Gasteiger partial charge on any atom is 0.277 e. The highest BCUT2D eigenvalue weighted by atomic mass is 32.2. The molecular weight excluding hydrogens is 306 g/mol. The van der Waals surface area contributed by atoms with Crippen molar-refractivity contribution in [1.82, 2.24) is 10.2 Å². The normalized spacial score (nSPS) is 10.6.